The number of thioether (sulfide) groups is 1. The predicted octanol–water partition coefficient (Wildman–Crippen LogP) is 2.32. The zero-order chi connectivity index (χ0) is 11.8. The number of hydrogen-bond donors (Lipinski definition) is 1. The molecule has 0 spiro atoms. The van der Waals surface area contributed by atoms with Crippen LogP contribution < -0.4 is 5.73 Å². The Morgan fingerprint density at radius 3 is 3.12 bits per heavy atom. The monoisotopic (exact) mass is 265 g/mol. The lowest BCUT2D eigenvalue weighted by Gasteiger charge is -2.08. The van der Waals surface area contributed by atoms with E-state index in [4.69, 9.17) is 5.73 Å². The van der Waals surface area contributed by atoms with Gasteiger partial charge in [-0.2, -0.15) is 11.8 Å². The molecule has 2 aromatic rings. The summed E-state index contributed by atoms with van der Waals surface area (Å²) >= 11 is 3.87. The lowest BCUT2D eigenvalue weighted by molar-refractivity contribution is 0.852. The number of thiophene rings is 1. The van der Waals surface area contributed by atoms with Gasteiger partial charge in [0.25, 0.3) is 0 Å². The lowest BCUT2D eigenvalue weighted by Crippen LogP contribution is -2.10. The maximum absolute atomic E-state index is 6.27. The van der Waals surface area contributed by atoms with Crippen molar-refractivity contribution < 1.29 is 0 Å². The molecular formula is C12H15N3S2. The summed E-state index contributed by atoms with van der Waals surface area (Å²) < 4.78 is 1.94. The fourth-order valence-corrected chi connectivity index (χ4v) is 4.45. The second-order valence-electron chi connectivity index (χ2n) is 4.34. The molecular weight excluding hydrogens is 250 g/mol. The maximum Gasteiger partial charge on any atom is 0.0947 e. The van der Waals surface area contributed by atoms with Crippen molar-refractivity contribution in [1.29, 1.82) is 0 Å². The molecule has 17 heavy (non-hydrogen) atoms. The highest BCUT2D eigenvalue weighted by Gasteiger charge is 2.19. The van der Waals surface area contributed by atoms with Gasteiger partial charge in [-0.15, -0.1) is 11.3 Å². The Balaban J connectivity index is 1.91. The molecule has 3 rings (SSSR count). The molecule has 0 saturated carbocycles. The van der Waals surface area contributed by atoms with Gasteiger partial charge in [0.15, 0.2) is 0 Å². The summed E-state index contributed by atoms with van der Waals surface area (Å²) in [6, 6.07) is 2.20. The summed E-state index contributed by atoms with van der Waals surface area (Å²) in [5.41, 5.74) is 8.71. The summed E-state index contributed by atoms with van der Waals surface area (Å²) in [4.78, 5) is 7.10. The van der Waals surface area contributed by atoms with Crippen molar-refractivity contribution in [3.05, 3.63) is 39.6 Å². The van der Waals surface area contributed by atoms with Crippen LogP contribution in [0.2, 0.25) is 0 Å². The molecule has 0 bridgehead atoms. The third-order valence-electron chi connectivity index (χ3n) is 3.00. The Labute approximate surface area is 109 Å². The van der Waals surface area contributed by atoms with E-state index >= 15 is 0 Å². The number of imidazole rings is 1. The molecule has 3 nitrogen and oxygen atoms in total. The minimum Gasteiger partial charge on any atom is -0.340 e. The van der Waals surface area contributed by atoms with E-state index in [9.17, 15) is 0 Å². The normalized spacial score (nSPS) is 16.8. The molecule has 2 aromatic heterocycles. The van der Waals surface area contributed by atoms with E-state index in [1.54, 1.807) is 6.33 Å². The Kier molecular flexibility index (Phi) is 2.98. The van der Waals surface area contributed by atoms with Crippen LogP contribution in [-0.4, -0.2) is 15.3 Å². The third-order valence-corrected chi connectivity index (χ3v) is 5.32. The molecule has 2 N–H and O–H groups in total. The highest BCUT2D eigenvalue weighted by Crippen LogP contribution is 2.35. The van der Waals surface area contributed by atoms with Crippen LogP contribution in [0, 0.1) is 0 Å². The Morgan fingerprint density at radius 1 is 1.53 bits per heavy atom. The van der Waals surface area contributed by atoms with Gasteiger partial charge in [-0.3, -0.25) is 0 Å². The molecule has 0 aliphatic carbocycles. The van der Waals surface area contributed by atoms with E-state index < -0.39 is 0 Å². The van der Waals surface area contributed by atoms with Gasteiger partial charge in [-0.25, -0.2) is 4.98 Å². The van der Waals surface area contributed by atoms with Crippen molar-refractivity contribution in [2.24, 2.45) is 12.8 Å². The first-order chi connectivity index (χ1) is 8.24. The molecule has 0 saturated heterocycles. The van der Waals surface area contributed by atoms with E-state index in [0.717, 1.165) is 11.4 Å². The largest absolute Gasteiger partial charge is 0.340 e. The predicted molar refractivity (Wildman–Crippen MR) is 73.4 cm³/mol. The van der Waals surface area contributed by atoms with Gasteiger partial charge < -0.3 is 10.3 Å². The topological polar surface area (TPSA) is 43.8 Å². The highest BCUT2D eigenvalue weighted by molar-refractivity contribution is 7.98. The first kappa shape index (κ1) is 11.3. The van der Waals surface area contributed by atoms with Crippen LogP contribution >= 0.6 is 23.1 Å². The van der Waals surface area contributed by atoms with Gasteiger partial charge in [-0.1, -0.05) is 0 Å². The average Bonchev–Trinajstić information content (AvgIpc) is 2.93. The second kappa shape index (κ2) is 4.48. The molecule has 1 atom stereocenters. The number of hydrogen-bond acceptors (Lipinski definition) is 4. The summed E-state index contributed by atoms with van der Waals surface area (Å²) in [6.07, 6.45) is 5.00. The minimum atomic E-state index is -0.0724. The fraction of sp³-hybridized carbons (Fsp3) is 0.417. The van der Waals surface area contributed by atoms with E-state index in [1.807, 2.05) is 40.9 Å². The first-order valence-corrected chi connectivity index (χ1v) is 7.64. The van der Waals surface area contributed by atoms with Crippen LogP contribution in [-0.2, 0) is 19.2 Å². The van der Waals surface area contributed by atoms with Crippen LogP contribution in [0.25, 0.3) is 0 Å². The van der Waals surface area contributed by atoms with Crippen LogP contribution in [0.1, 0.15) is 27.1 Å². The van der Waals surface area contributed by atoms with Crippen molar-refractivity contribution in [3.63, 3.8) is 0 Å². The van der Waals surface area contributed by atoms with Crippen LogP contribution in [0.4, 0.5) is 0 Å². The van der Waals surface area contributed by atoms with Crippen molar-refractivity contribution in [3.8, 4) is 0 Å². The number of aryl methyl sites for hydroxylation is 2. The number of nitrogens with two attached hydrogens (primary N) is 1. The van der Waals surface area contributed by atoms with Gasteiger partial charge in [-0.05, 0) is 23.8 Å². The van der Waals surface area contributed by atoms with Gasteiger partial charge in [0.05, 0.1) is 18.1 Å². The molecule has 0 amide bonds. The lowest BCUT2D eigenvalue weighted by atomic mass is 10.1. The molecule has 90 valence electrons. The van der Waals surface area contributed by atoms with Crippen molar-refractivity contribution >= 4 is 23.1 Å². The van der Waals surface area contributed by atoms with Gasteiger partial charge in [0.1, 0.15) is 0 Å². The molecule has 1 aliphatic rings. The zero-order valence-electron chi connectivity index (χ0n) is 9.72. The SMILES string of the molecule is Cn1cnc(C(N)c2cc3c(s2)CCSC3)c1. The Hall–Kier alpha value is -0.780. The van der Waals surface area contributed by atoms with Gasteiger partial charge >= 0.3 is 0 Å². The number of nitrogens with zero attached hydrogens (tertiary/aromatic N) is 2. The molecule has 1 unspecified atom stereocenters. The number of fused-ring (bicyclic) bond motifs is 1. The third kappa shape index (κ3) is 2.14. The van der Waals surface area contributed by atoms with Crippen LogP contribution in [0.5, 0.6) is 0 Å². The number of aromatic nitrogens is 2. The fourth-order valence-electron chi connectivity index (χ4n) is 2.06. The molecule has 0 radical (unpaired) electrons. The summed E-state index contributed by atoms with van der Waals surface area (Å²) in [5, 5.41) is 0. The first-order valence-electron chi connectivity index (χ1n) is 5.66. The van der Waals surface area contributed by atoms with E-state index in [1.165, 1.54) is 27.5 Å². The quantitative estimate of drug-likeness (QED) is 0.906. The molecule has 1 aliphatic heterocycles. The minimum absolute atomic E-state index is 0.0724. The zero-order valence-corrected chi connectivity index (χ0v) is 11.4. The maximum atomic E-state index is 6.27. The second-order valence-corrected chi connectivity index (χ2v) is 6.61. The highest BCUT2D eigenvalue weighted by atomic mass is 32.2. The van der Waals surface area contributed by atoms with Crippen molar-refractivity contribution in [2.75, 3.05) is 5.75 Å². The Bertz CT molecular complexity index is 506. The van der Waals surface area contributed by atoms with Crippen LogP contribution in [0.15, 0.2) is 18.6 Å². The molecule has 3 heterocycles. The van der Waals surface area contributed by atoms with Crippen molar-refractivity contribution in [1.82, 2.24) is 9.55 Å². The number of rotatable bonds is 2. The molecule has 5 heteroatoms. The van der Waals surface area contributed by atoms with E-state index in [-0.39, 0.29) is 6.04 Å². The Morgan fingerprint density at radius 2 is 2.41 bits per heavy atom. The smallest absolute Gasteiger partial charge is 0.0947 e. The average molecular weight is 265 g/mol. The van der Waals surface area contributed by atoms with E-state index in [0.29, 0.717) is 0 Å². The van der Waals surface area contributed by atoms with Gasteiger partial charge in [0.2, 0.25) is 0 Å². The van der Waals surface area contributed by atoms with Gasteiger partial charge in [0, 0.05) is 28.8 Å². The standard InChI is InChI=1S/C12H15N3S2/c1-15-5-9(14-7-15)12(13)11-4-8-6-16-3-2-10(8)17-11/h4-5,7,12H,2-3,6,13H2,1H3. The van der Waals surface area contributed by atoms with E-state index in [2.05, 4.69) is 11.1 Å². The van der Waals surface area contributed by atoms with Crippen LogP contribution in [0.3, 0.4) is 0 Å². The summed E-state index contributed by atoms with van der Waals surface area (Å²) in [5.74, 6) is 2.38. The summed E-state index contributed by atoms with van der Waals surface area (Å²) in [7, 11) is 1.97. The molecule has 0 fully saturated rings. The summed E-state index contributed by atoms with van der Waals surface area (Å²) in [6.45, 7) is 0. The van der Waals surface area contributed by atoms with Crippen molar-refractivity contribution in [2.45, 2.75) is 18.2 Å². The molecule has 0 aromatic carbocycles.